The van der Waals surface area contributed by atoms with Crippen LogP contribution in [0, 0.1) is 5.82 Å². The molecule has 1 N–H and O–H groups in total. The number of fused-ring (bicyclic) bond motifs is 2. The fourth-order valence-corrected chi connectivity index (χ4v) is 1.99. The molecule has 94 valence electrons. The SMILES string of the molecule is O=c1/c(=N/O)c2ccccc2oc2cc(F)ccc12. The number of nitrogens with zero attached hydrogens (tertiary/aromatic N) is 1. The molecule has 0 aliphatic heterocycles. The second kappa shape index (κ2) is 4.20. The molecule has 4 nitrogen and oxygen atoms in total. The highest BCUT2D eigenvalue weighted by molar-refractivity contribution is 5.83. The molecule has 0 unspecified atom stereocenters. The predicted molar refractivity (Wildman–Crippen MR) is 67.3 cm³/mol. The standard InChI is InChI=1S/C14H8FNO3/c15-8-5-6-10-12(7-8)19-11-4-2-1-3-9(11)13(16-18)14(10)17/h1-7,18H/b16-13+. The maximum atomic E-state index is 13.2. The Labute approximate surface area is 106 Å². The fourth-order valence-electron chi connectivity index (χ4n) is 1.99. The molecule has 0 aliphatic carbocycles. The van der Waals surface area contributed by atoms with Crippen LogP contribution in [0.4, 0.5) is 4.39 Å². The summed E-state index contributed by atoms with van der Waals surface area (Å²) in [6.07, 6.45) is 0. The van der Waals surface area contributed by atoms with E-state index in [4.69, 9.17) is 9.62 Å². The Bertz CT molecular complexity index is 915. The lowest BCUT2D eigenvalue weighted by Crippen LogP contribution is -2.23. The molecule has 1 heterocycles. The third-order valence-electron chi connectivity index (χ3n) is 2.87. The highest BCUT2D eigenvalue weighted by Gasteiger charge is 2.07. The van der Waals surface area contributed by atoms with Gasteiger partial charge < -0.3 is 9.62 Å². The van der Waals surface area contributed by atoms with Crippen LogP contribution in [0.3, 0.4) is 0 Å². The van der Waals surface area contributed by atoms with Gasteiger partial charge in [-0.3, -0.25) is 4.79 Å². The first kappa shape index (κ1) is 11.4. The van der Waals surface area contributed by atoms with Crippen LogP contribution in [-0.4, -0.2) is 5.21 Å². The quantitative estimate of drug-likeness (QED) is 0.496. The van der Waals surface area contributed by atoms with Crippen LogP contribution < -0.4 is 10.8 Å². The number of hydrogen-bond donors (Lipinski definition) is 1. The van der Waals surface area contributed by atoms with Gasteiger partial charge in [0.15, 0.2) is 5.36 Å². The molecule has 0 saturated carbocycles. The van der Waals surface area contributed by atoms with Crippen LogP contribution in [0.5, 0.6) is 0 Å². The molecule has 0 saturated heterocycles. The first-order valence-electron chi connectivity index (χ1n) is 5.54. The van der Waals surface area contributed by atoms with Gasteiger partial charge in [-0.1, -0.05) is 17.3 Å². The molecular formula is C14H8FNO3. The van der Waals surface area contributed by atoms with Gasteiger partial charge in [0.25, 0.3) is 0 Å². The Morgan fingerprint density at radius 2 is 1.84 bits per heavy atom. The lowest BCUT2D eigenvalue weighted by molar-refractivity contribution is 0.302. The summed E-state index contributed by atoms with van der Waals surface area (Å²) in [6, 6.07) is 10.2. The molecule has 0 amide bonds. The van der Waals surface area contributed by atoms with Crippen molar-refractivity contribution in [3.63, 3.8) is 0 Å². The van der Waals surface area contributed by atoms with Gasteiger partial charge in [0.2, 0.25) is 5.43 Å². The summed E-state index contributed by atoms with van der Waals surface area (Å²) in [5.74, 6) is -0.506. The van der Waals surface area contributed by atoms with Crippen LogP contribution >= 0.6 is 0 Å². The van der Waals surface area contributed by atoms with E-state index < -0.39 is 11.2 Å². The zero-order valence-electron chi connectivity index (χ0n) is 9.63. The molecule has 0 fully saturated rings. The Morgan fingerprint density at radius 3 is 2.63 bits per heavy atom. The van der Waals surface area contributed by atoms with E-state index in [-0.39, 0.29) is 16.3 Å². The smallest absolute Gasteiger partial charge is 0.219 e. The average molecular weight is 257 g/mol. The van der Waals surface area contributed by atoms with Crippen molar-refractivity contribution in [3.8, 4) is 0 Å². The third kappa shape index (κ3) is 1.76. The minimum absolute atomic E-state index is 0.108. The van der Waals surface area contributed by atoms with Crippen molar-refractivity contribution in [3.05, 3.63) is 63.9 Å². The molecule has 1 aromatic heterocycles. The molecule has 0 atom stereocenters. The predicted octanol–water partition coefficient (Wildman–Crippen LogP) is 2.38. The van der Waals surface area contributed by atoms with Crippen LogP contribution in [0.25, 0.3) is 21.9 Å². The Morgan fingerprint density at radius 1 is 1.05 bits per heavy atom. The lowest BCUT2D eigenvalue weighted by atomic mass is 10.2. The highest BCUT2D eigenvalue weighted by Crippen LogP contribution is 2.15. The largest absolute Gasteiger partial charge is 0.456 e. The maximum Gasteiger partial charge on any atom is 0.219 e. The first-order chi connectivity index (χ1) is 9.20. The monoisotopic (exact) mass is 257 g/mol. The van der Waals surface area contributed by atoms with Crippen molar-refractivity contribution in [2.24, 2.45) is 5.16 Å². The Kier molecular flexibility index (Phi) is 2.52. The van der Waals surface area contributed by atoms with E-state index >= 15 is 0 Å². The molecule has 3 aromatic rings. The molecule has 2 aromatic carbocycles. The number of halogens is 1. The lowest BCUT2D eigenvalue weighted by Gasteiger charge is -1.92. The zero-order valence-corrected chi connectivity index (χ0v) is 9.63. The molecular weight excluding hydrogens is 249 g/mol. The van der Waals surface area contributed by atoms with Crippen molar-refractivity contribution < 1.29 is 14.0 Å². The summed E-state index contributed by atoms with van der Waals surface area (Å²) >= 11 is 0. The maximum absolute atomic E-state index is 13.2. The molecule has 0 spiro atoms. The van der Waals surface area contributed by atoms with E-state index in [0.29, 0.717) is 11.0 Å². The molecule has 0 radical (unpaired) electrons. The van der Waals surface area contributed by atoms with E-state index in [1.54, 1.807) is 24.3 Å². The Hall–Kier alpha value is -2.69. The minimum atomic E-state index is -0.512. The molecule has 5 heteroatoms. The van der Waals surface area contributed by atoms with Gasteiger partial charge in [-0.15, -0.1) is 0 Å². The van der Waals surface area contributed by atoms with Crippen LogP contribution in [0.15, 0.2) is 56.8 Å². The molecule has 3 rings (SSSR count). The molecule has 0 aliphatic rings. The summed E-state index contributed by atoms with van der Waals surface area (Å²) in [7, 11) is 0. The van der Waals surface area contributed by atoms with E-state index in [2.05, 4.69) is 5.16 Å². The number of hydrogen-bond acceptors (Lipinski definition) is 4. The topological polar surface area (TPSA) is 62.8 Å². The van der Waals surface area contributed by atoms with Gasteiger partial charge in [0.1, 0.15) is 17.0 Å². The summed E-state index contributed by atoms with van der Waals surface area (Å²) in [6.45, 7) is 0. The van der Waals surface area contributed by atoms with Gasteiger partial charge in [0, 0.05) is 6.07 Å². The summed E-state index contributed by atoms with van der Waals surface area (Å²) in [5.41, 5.74) is -0.0634. The summed E-state index contributed by atoms with van der Waals surface area (Å²) in [4.78, 5) is 12.2. The normalized spacial score (nSPS) is 12.2. The first-order valence-corrected chi connectivity index (χ1v) is 5.54. The van der Waals surface area contributed by atoms with E-state index in [1.165, 1.54) is 6.07 Å². The number of benzene rings is 2. The van der Waals surface area contributed by atoms with Crippen LogP contribution in [0.2, 0.25) is 0 Å². The van der Waals surface area contributed by atoms with Crippen molar-refractivity contribution >= 4 is 21.9 Å². The Balaban J connectivity index is 2.75. The second-order valence-electron chi connectivity index (χ2n) is 4.02. The van der Waals surface area contributed by atoms with Gasteiger partial charge >= 0.3 is 0 Å². The van der Waals surface area contributed by atoms with Gasteiger partial charge in [-0.25, -0.2) is 4.39 Å². The van der Waals surface area contributed by atoms with Crippen molar-refractivity contribution in [2.45, 2.75) is 0 Å². The minimum Gasteiger partial charge on any atom is -0.456 e. The van der Waals surface area contributed by atoms with Gasteiger partial charge in [0.05, 0.1) is 10.8 Å². The van der Waals surface area contributed by atoms with Crippen molar-refractivity contribution in [1.82, 2.24) is 0 Å². The molecule has 19 heavy (non-hydrogen) atoms. The average Bonchev–Trinajstić information content (AvgIpc) is 2.52. The van der Waals surface area contributed by atoms with Crippen molar-refractivity contribution in [2.75, 3.05) is 0 Å². The van der Waals surface area contributed by atoms with Crippen LogP contribution in [0.1, 0.15) is 0 Å². The number of rotatable bonds is 0. The van der Waals surface area contributed by atoms with Crippen LogP contribution in [-0.2, 0) is 0 Å². The van der Waals surface area contributed by atoms with E-state index in [1.807, 2.05) is 0 Å². The molecule has 0 bridgehead atoms. The fraction of sp³-hybridized carbons (Fsp3) is 0. The highest BCUT2D eigenvalue weighted by atomic mass is 19.1. The number of para-hydroxylation sites is 1. The second-order valence-corrected chi connectivity index (χ2v) is 4.02. The summed E-state index contributed by atoms with van der Waals surface area (Å²) in [5, 5.41) is 12.5. The zero-order chi connectivity index (χ0) is 13.4. The van der Waals surface area contributed by atoms with Gasteiger partial charge in [-0.05, 0) is 24.3 Å². The van der Waals surface area contributed by atoms with Gasteiger partial charge in [-0.2, -0.15) is 0 Å². The summed E-state index contributed by atoms with van der Waals surface area (Å²) < 4.78 is 18.8. The third-order valence-corrected chi connectivity index (χ3v) is 2.87. The van der Waals surface area contributed by atoms with E-state index in [0.717, 1.165) is 12.1 Å². The van der Waals surface area contributed by atoms with Crippen molar-refractivity contribution in [1.29, 1.82) is 0 Å². The van der Waals surface area contributed by atoms with E-state index in [9.17, 15) is 9.18 Å².